The minimum Gasteiger partial charge on any atom is -0.479 e. The SMILES string of the molecule is CN(C)CC1CCCC[C@H]1c1cccc(OC2O[C@@H](C(=O)O)C(O)C(O)C2O)c1. The van der Waals surface area contributed by atoms with Gasteiger partial charge >= 0.3 is 5.97 Å². The topological polar surface area (TPSA) is 120 Å². The van der Waals surface area contributed by atoms with Gasteiger partial charge in [-0.05, 0) is 56.5 Å². The molecule has 1 saturated heterocycles. The van der Waals surface area contributed by atoms with Crippen LogP contribution < -0.4 is 4.74 Å². The van der Waals surface area contributed by atoms with Crippen molar-refractivity contribution in [3.05, 3.63) is 29.8 Å². The summed E-state index contributed by atoms with van der Waals surface area (Å²) in [5, 5.41) is 39.1. The Hall–Kier alpha value is -1.71. The Morgan fingerprint density at radius 1 is 1.14 bits per heavy atom. The van der Waals surface area contributed by atoms with Gasteiger partial charge < -0.3 is 34.8 Å². The molecule has 162 valence electrons. The molecule has 3 rings (SSSR count). The molecule has 1 aromatic carbocycles. The van der Waals surface area contributed by atoms with Crippen LogP contribution in [-0.4, -0.2) is 82.6 Å². The van der Waals surface area contributed by atoms with Crippen molar-refractivity contribution in [2.75, 3.05) is 20.6 Å². The first-order valence-electron chi connectivity index (χ1n) is 10.1. The number of hydrogen-bond donors (Lipinski definition) is 4. The van der Waals surface area contributed by atoms with Crippen molar-refractivity contribution in [3.63, 3.8) is 0 Å². The van der Waals surface area contributed by atoms with Gasteiger partial charge in [0.15, 0.2) is 6.10 Å². The van der Waals surface area contributed by atoms with E-state index in [0.717, 1.165) is 18.5 Å². The zero-order chi connectivity index (χ0) is 21.1. The first kappa shape index (κ1) is 22.0. The molecule has 2 fully saturated rings. The number of rotatable bonds is 6. The van der Waals surface area contributed by atoms with Crippen molar-refractivity contribution in [3.8, 4) is 5.75 Å². The summed E-state index contributed by atoms with van der Waals surface area (Å²) in [6, 6.07) is 7.52. The molecule has 1 aromatic rings. The molecule has 5 unspecified atom stereocenters. The lowest BCUT2D eigenvalue weighted by Gasteiger charge is -2.38. The highest BCUT2D eigenvalue weighted by Crippen LogP contribution is 2.39. The maximum Gasteiger partial charge on any atom is 0.335 e. The van der Waals surface area contributed by atoms with E-state index < -0.39 is 36.7 Å². The third kappa shape index (κ3) is 5.07. The third-order valence-electron chi connectivity index (χ3n) is 5.86. The minimum absolute atomic E-state index is 0.395. The summed E-state index contributed by atoms with van der Waals surface area (Å²) in [5.74, 6) is -0.0713. The smallest absolute Gasteiger partial charge is 0.335 e. The van der Waals surface area contributed by atoms with Gasteiger partial charge in [0.1, 0.15) is 24.1 Å². The minimum atomic E-state index is -1.73. The van der Waals surface area contributed by atoms with Gasteiger partial charge in [0.05, 0.1) is 0 Å². The Morgan fingerprint density at radius 3 is 2.55 bits per heavy atom. The van der Waals surface area contributed by atoms with Gasteiger partial charge in [0.25, 0.3) is 0 Å². The molecule has 7 atom stereocenters. The summed E-state index contributed by atoms with van der Waals surface area (Å²) in [6.45, 7) is 1.00. The Kier molecular flexibility index (Phi) is 7.13. The quantitative estimate of drug-likeness (QED) is 0.545. The van der Waals surface area contributed by atoms with Gasteiger partial charge in [0.2, 0.25) is 6.29 Å². The molecule has 1 heterocycles. The molecule has 0 amide bonds. The molecular formula is C21H31NO7. The van der Waals surface area contributed by atoms with E-state index in [1.807, 2.05) is 12.1 Å². The van der Waals surface area contributed by atoms with E-state index >= 15 is 0 Å². The predicted molar refractivity (Wildman–Crippen MR) is 105 cm³/mol. The van der Waals surface area contributed by atoms with Crippen LogP contribution in [0.1, 0.15) is 37.2 Å². The summed E-state index contributed by atoms with van der Waals surface area (Å²) >= 11 is 0. The van der Waals surface area contributed by atoms with Crippen LogP contribution in [0.15, 0.2) is 24.3 Å². The molecule has 1 aliphatic heterocycles. The largest absolute Gasteiger partial charge is 0.479 e. The Morgan fingerprint density at radius 2 is 1.86 bits per heavy atom. The highest BCUT2D eigenvalue weighted by Gasteiger charge is 2.48. The van der Waals surface area contributed by atoms with Crippen LogP contribution in [0.3, 0.4) is 0 Å². The number of nitrogens with zero attached hydrogens (tertiary/aromatic N) is 1. The molecule has 1 aliphatic carbocycles. The van der Waals surface area contributed by atoms with E-state index in [2.05, 4.69) is 25.1 Å². The van der Waals surface area contributed by atoms with Gasteiger partial charge in [-0.1, -0.05) is 25.0 Å². The lowest BCUT2D eigenvalue weighted by atomic mass is 9.75. The first-order chi connectivity index (χ1) is 13.8. The van der Waals surface area contributed by atoms with Gasteiger partial charge in [0, 0.05) is 6.54 Å². The zero-order valence-electron chi connectivity index (χ0n) is 16.8. The number of aliphatic carboxylic acids is 1. The lowest BCUT2D eigenvalue weighted by Crippen LogP contribution is -2.61. The number of benzene rings is 1. The van der Waals surface area contributed by atoms with Gasteiger partial charge in [-0.15, -0.1) is 0 Å². The van der Waals surface area contributed by atoms with Gasteiger partial charge in [-0.25, -0.2) is 4.79 Å². The molecule has 1 saturated carbocycles. The summed E-state index contributed by atoms with van der Waals surface area (Å²) in [5.41, 5.74) is 1.13. The van der Waals surface area contributed by atoms with Crippen molar-refractivity contribution >= 4 is 5.97 Å². The highest BCUT2D eigenvalue weighted by atomic mass is 16.7. The van der Waals surface area contributed by atoms with Crippen LogP contribution in [0.2, 0.25) is 0 Å². The van der Waals surface area contributed by atoms with Crippen LogP contribution in [-0.2, 0) is 9.53 Å². The fourth-order valence-corrected chi connectivity index (χ4v) is 4.44. The maximum absolute atomic E-state index is 11.3. The first-order valence-corrected chi connectivity index (χ1v) is 10.1. The van der Waals surface area contributed by atoms with Crippen molar-refractivity contribution in [1.29, 1.82) is 0 Å². The number of hydrogen-bond acceptors (Lipinski definition) is 7. The monoisotopic (exact) mass is 409 g/mol. The summed E-state index contributed by atoms with van der Waals surface area (Å²) < 4.78 is 10.9. The molecule has 4 N–H and O–H groups in total. The second kappa shape index (κ2) is 9.40. The fourth-order valence-electron chi connectivity index (χ4n) is 4.44. The number of carbonyl (C=O) groups is 1. The van der Waals surface area contributed by atoms with Crippen LogP contribution in [0, 0.1) is 5.92 Å². The standard InChI is InChI=1S/C21H31NO7/c1-22(2)11-13-6-3-4-9-15(13)12-7-5-8-14(10-12)28-21-18(25)16(23)17(24)19(29-21)20(26)27/h5,7-8,10,13,15-19,21,23-25H,3-4,6,9,11H2,1-2H3,(H,26,27)/t13?,15-,16?,17?,18?,19+,21?/m0/s1. The normalized spacial score (nSPS) is 35.4. The van der Waals surface area contributed by atoms with Crippen molar-refractivity contribution in [1.82, 2.24) is 4.90 Å². The number of aliphatic hydroxyl groups is 3. The van der Waals surface area contributed by atoms with Crippen LogP contribution in [0.4, 0.5) is 0 Å². The molecule has 0 aromatic heterocycles. The summed E-state index contributed by atoms with van der Waals surface area (Å²) in [4.78, 5) is 13.5. The maximum atomic E-state index is 11.3. The summed E-state index contributed by atoms with van der Waals surface area (Å²) in [7, 11) is 4.15. The summed E-state index contributed by atoms with van der Waals surface area (Å²) in [6.07, 6.45) is -3.39. The average molecular weight is 409 g/mol. The Bertz CT molecular complexity index is 697. The molecule has 2 aliphatic rings. The van der Waals surface area contributed by atoms with E-state index in [9.17, 15) is 25.2 Å². The van der Waals surface area contributed by atoms with E-state index in [0.29, 0.717) is 17.6 Å². The number of ether oxygens (including phenoxy) is 2. The molecule has 8 heteroatoms. The second-order valence-electron chi connectivity index (χ2n) is 8.34. The zero-order valence-corrected chi connectivity index (χ0v) is 16.8. The molecule has 29 heavy (non-hydrogen) atoms. The highest BCUT2D eigenvalue weighted by molar-refractivity contribution is 5.73. The fraction of sp³-hybridized carbons (Fsp3) is 0.667. The number of carboxylic acids is 1. The molecular weight excluding hydrogens is 378 g/mol. The molecule has 8 nitrogen and oxygen atoms in total. The van der Waals surface area contributed by atoms with E-state index in [-0.39, 0.29) is 0 Å². The molecule has 0 spiro atoms. The second-order valence-corrected chi connectivity index (χ2v) is 8.34. The van der Waals surface area contributed by atoms with E-state index in [1.165, 1.54) is 19.3 Å². The molecule has 0 radical (unpaired) electrons. The van der Waals surface area contributed by atoms with Gasteiger partial charge in [-0.3, -0.25) is 0 Å². The van der Waals surface area contributed by atoms with E-state index in [1.54, 1.807) is 6.07 Å². The Labute approximate surface area is 170 Å². The van der Waals surface area contributed by atoms with Crippen LogP contribution >= 0.6 is 0 Å². The average Bonchev–Trinajstić information content (AvgIpc) is 2.68. The predicted octanol–water partition coefficient (Wildman–Crippen LogP) is 0.793. The third-order valence-corrected chi connectivity index (χ3v) is 5.86. The number of carboxylic acid groups (broad SMARTS) is 1. The molecule has 0 bridgehead atoms. The van der Waals surface area contributed by atoms with Crippen LogP contribution in [0.25, 0.3) is 0 Å². The van der Waals surface area contributed by atoms with Crippen molar-refractivity contribution in [2.24, 2.45) is 5.92 Å². The van der Waals surface area contributed by atoms with Gasteiger partial charge in [-0.2, -0.15) is 0 Å². The lowest BCUT2D eigenvalue weighted by molar-refractivity contribution is -0.271. The number of aliphatic hydroxyl groups excluding tert-OH is 3. The van der Waals surface area contributed by atoms with Crippen LogP contribution in [0.5, 0.6) is 5.75 Å². The van der Waals surface area contributed by atoms with E-state index in [4.69, 9.17) is 9.47 Å². The van der Waals surface area contributed by atoms with Crippen molar-refractivity contribution < 1.29 is 34.7 Å². The van der Waals surface area contributed by atoms with Crippen molar-refractivity contribution in [2.45, 2.75) is 62.3 Å². The Balaban J connectivity index is 1.76.